The van der Waals surface area contributed by atoms with E-state index < -0.39 is 5.97 Å². The van der Waals surface area contributed by atoms with Gasteiger partial charge < -0.3 is 19.9 Å². The highest BCUT2D eigenvalue weighted by Gasteiger charge is 2.30. The summed E-state index contributed by atoms with van der Waals surface area (Å²) in [7, 11) is 4.79. The molecule has 114 valence electrons. The Morgan fingerprint density at radius 2 is 2.24 bits per heavy atom. The molecule has 21 heavy (non-hydrogen) atoms. The van der Waals surface area contributed by atoms with E-state index in [-0.39, 0.29) is 17.6 Å². The van der Waals surface area contributed by atoms with Gasteiger partial charge in [-0.05, 0) is 12.1 Å². The SMILES string of the molecule is COC(=O)c1cc(N2CCNCC2C(=O)N(C)C)ccn1. The summed E-state index contributed by atoms with van der Waals surface area (Å²) in [5.74, 6) is -0.457. The van der Waals surface area contributed by atoms with Crippen molar-refractivity contribution in [1.29, 1.82) is 0 Å². The van der Waals surface area contributed by atoms with E-state index in [9.17, 15) is 9.59 Å². The van der Waals surface area contributed by atoms with E-state index in [1.165, 1.54) is 7.11 Å². The van der Waals surface area contributed by atoms with E-state index in [2.05, 4.69) is 15.0 Å². The first-order valence-corrected chi connectivity index (χ1v) is 6.77. The molecule has 7 heteroatoms. The first-order valence-electron chi connectivity index (χ1n) is 6.77. The average molecular weight is 292 g/mol. The van der Waals surface area contributed by atoms with Gasteiger partial charge in [-0.1, -0.05) is 0 Å². The zero-order valence-electron chi connectivity index (χ0n) is 12.5. The number of likely N-dealkylation sites (N-methyl/N-ethyl adjacent to an activating group) is 1. The van der Waals surface area contributed by atoms with E-state index in [1.807, 2.05) is 4.90 Å². The van der Waals surface area contributed by atoms with Crippen molar-refractivity contribution >= 4 is 17.6 Å². The molecular formula is C14H20N4O3. The van der Waals surface area contributed by atoms with E-state index in [1.54, 1.807) is 37.3 Å². The van der Waals surface area contributed by atoms with E-state index in [0.29, 0.717) is 13.1 Å². The number of nitrogens with one attached hydrogen (secondary N) is 1. The lowest BCUT2D eigenvalue weighted by Crippen LogP contribution is -2.57. The highest BCUT2D eigenvalue weighted by atomic mass is 16.5. The Bertz CT molecular complexity index is 533. The molecule has 1 aromatic rings. The highest BCUT2D eigenvalue weighted by Crippen LogP contribution is 2.20. The first kappa shape index (κ1) is 15.2. The van der Waals surface area contributed by atoms with Crippen LogP contribution in [0.1, 0.15) is 10.5 Å². The molecule has 0 aliphatic carbocycles. The Labute approximate surface area is 123 Å². The third-order valence-corrected chi connectivity index (χ3v) is 3.44. The molecule has 1 aliphatic rings. The van der Waals surface area contributed by atoms with Crippen LogP contribution in [0, 0.1) is 0 Å². The zero-order chi connectivity index (χ0) is 15.4. The van der Waals surface area contributed by atoms with Gasteiger partial charge in [0.05, 0.1) is 7.11 Å². The van der Waals surface area contributed by atoms with Crippen molar-refractivity contribution in [2.75, 3.05) is 45.7 Å². The van der Waals surface area contributed by atoms with E-state index in [0.717, 1.165) is 12.2 Å². The molecule has 1 atom stereocenters. The van der Waals surface area contributed by atoms with Gasteiger partial charge in [0.1, 0.15) is 11.7 Å². The number of hydrogen-bond donors (Lipinski definition) is 1. The highest BCUT2D eigenvalue weighted by molar-refractivity contribution is 5.89. The Hall–Kier alpha value is -2.15. The number of pyridine rings is 1. The van der Waals surface area contributed by atoms with Crippen molar-refractivity contribution in [1.82, 2.24) is 15.2 Å². The Morgan fingerprint density at radius 3 is 2.90 bits per heavy atom. The molecule has 1 amide bonds. The summed E-state index contributed by atoms with van der Waals surface area (Å²) in [5.41, 5.74) is 1.04. The van der Waals surface area contributed by atoms with Crippen molar-refractivity contribution in [3.63, 3.8) is 0 Å². The number of aromatic nitrogens is 1. The minimum Gasteiger partial charge on any atom is -0.464 e. The summed E-state index contributed by atoms with van der Waals surface area (Å²) in [6.45, 7) is 2.05. The van der Waals surface area contributed by atoms with Crippen LogP contribution in [0.5, 0.6) is 0 Å². The number of methoxy groups -OCH3 is 1. The smallest absolute Gasteiger partial charge is 0.356 e. The monoisotopic (exact) mass is 292 g/mol. The van der Waals surface area contributed by atoms with Crippen molar-refractivity contribution in [3.05, 3.63) is 24.0 Å². The summed E-state index contributed by atoms with van der Waals surface area (Å²) >= 11 is 0. The van der Waals surface area contributed by atoms with Crippen LogP contribution in [-0.2, 0) is 9.53 Å². The fourth-order valence-corrected chi connectivity index (χ4v) is 2.35. The predicted molar refractivity (Wildman–Crippen MR) is 78.3 cm³/mol. The van der Waals surface area contributed by atoms with Gasteiger partial charge in [-0.15, -0.1) is 0 Å². The lowest BCUT2D eigenvalue weighted by atomic mass is 10.1. The summed E-state index contributed by atoms with van der Waals surface area (Å²) in [6.07, 6.45) is 1.56. The van der Waals surface area contributed by atoms with Crippen molar-refractivity contribution in [2.24, 2.45) is 0 Å². The van der Waals surface area contributed by atoms with Crippen molar-refractivity contribution in [3.8, 4) is 0 Å². The number of esters is 1. The van der Waals surface area contributed by atoms with Crippen LogP contribution in [0.4, 0.5) is 5.69 Å². The molecule has 0 saturated carbocycles. The Kier molecular flexibility index (Phi) is 4.74. The lowest BCUT2D eigenvalue weighted by Gasteiger charge is -2.38. The predicted octanol–water partition coefficient (Wildman–Crippen LogP) is -0.265. The van der Waals surface area contributed by atoms with Gasteiger partial charge in [-0.25, -0.2) is 9.78 Å². The number of carbonyl (C=O) groups excluding carboxylic acids is 2. The normalized spacial score (nSPS) is 18.2. The Morgan fingerprint density at radius 1 is 1.48 bits per heavy atom. The summed E-state index contributed by atoms with van der Waals surface area (Å²) in [4.78, 5) is 31.4. The third-order valence-electron chi connectivity index (χ3n) is 3.44. The summed E-state index contributed by atoms with van der Waals surface area (Å²) in [5, 5.41) is 3.22. The molecule has 1 aromatic heterocycles. The molecular weight excluding hydrogens is 272 g/mol. The van der Waals surface area contributed by atoms with Gasteiger partial charge in [-0.3, -0.25) is 4.79 Å². The molecule has 2 heterocycles. The van der Waals surface area contributed by atoms with Gasteiger partial charge in [0, 0.05) is 45.6 Å². The van der Waals surface area contributed by atoms with Gasteiger partial charge in [0.15, 0.2) is 0 Å². The average Bonchev–Trinajstić information content (AvgIpc) is 2.53. The van der Waals surface area contributed by atoms with E-state index in [4.69, 9.17) is 0 Å². The number of ether oxygens (including phenoxy) is 1. The first-order chi connectivity index (χ1) is 10.0. The van der Waals surface area contributed by atoms with Crippen LogP contribution < -0.4 is 10.2 Å². The second kappa shape index (κ2) is 6.53. The van der Waals surface area contributed by atoms with Crippen molar-refractivity contribution < 1.29 is 14.3 Å². The number of rotatable bonds is 3. The standard InChI is InChI=1S/C14H20N4O3/c1-17(2)13(19)12-9-15-6-7-18(12)10-4-5-16-11(8-10)14(20)21-3/h4-5,8,12,15H,6-7,9H2,1-3H3. The molecule has 0 bridgehead atoms. The molecule has 0 spiro atoms. The number of anilines is 1. The number of piperazine rings is 1. The summed E-state index contributed by atoms with van der Waals surface area (Å²) < 4.78 is 4.68. The number of hydrogen-bond acceptors (Lipinski definition) is 6. The molecule has 1 N–H and O–H groups in total. The second-order valence-electron chi connectivity index (χ2n) is 5.04. The minimum absolute atomic E-state index is 0.0265. The summed E-state index contributed by atoms with van der Waals surface area (Å²) in [6, 6.07) is 3.17. The molecule has 0 aromatic carbocycles. The van der Waals surface area contributed by atoms with Gasteiger partial charge in [0.25, 0.3) is 0 Å². The number of nitrogens with zero attached hydrogens (tertiary/aromatic N) is 3. The van der Waals surface area contributed by atoms with Crippen LogP contribution in [-0.4, -0.2) is 68.6 Å². The lowest BCUT2D eigenvalue weighted by molar-refractivity contribution is -0.130. The van der Waals surface area contributed by atoms with Crippen LogP contribution in [0.3, 0.4) is 0 Å². The second-order valence-corrected chi connectivity index (χ2v) is 5.04. The number of amides is 1. The molecule has 1 aliphatic heterocycles. The minimum atomic E-state index is -0.484. The van der Waals surface area contributed by atoms with Gasteiger partial charge in [-0.2, -0.15) is 0 Å². The fourth-order valence-electron chi connectivity index (χ4n) is 2.35. The molecule has 1 saturated heterocycles. The van der Waals surface area contributed by atoms with E-state index >= 15 is 0 Å². The fraction of sp³-hybridized carbons (Fsp3) is 0.500. The largest absolute Gasteiger partial charge is 0.464 e. The van der Waals surface area contributed by atoms with Gasteiger partial charge >= 0.3 is 5.97 Å². The third kappa shape index (κ3) is 3.30. The molecule has 1 unspecified atom stereocenters. The van der Waals surface area contributed by atoms with Crippen LogP contribution >= 0.6 is 0 Å². The Balaban J connectivity index is 2.29. The van der Waals surface area contributed by atoms with Crippen LogP contribution in [0.25, 0.3) is 0 Å². The topological polar surface area (TPSA) is 74.8 Å². The zero-order valence-corrected chi connectivity index (χ0v) is 12.5. The number of carbonyl (C=O) groups is 2. The molecule has 2 rings (SSSR count). The van der Waals surface area contributed by atoms with Gasteiger partial charge in [0.2, 0.25) is 5.91 Å². The molecule has 7 nitrogen and oxygen atoms in total. The maximum atomic E-state index is 12.3. The van der Waals surface area contributed by atoms with Crippen molar-refractivity contribution in [2.45, 2.75) is 6.04 Å². The maximum absolute atomic E-state index is 12.3. The molecule has 0 radical (unpaired) electrons. The quantitative estimate of drug-likeness (QED) is 0.773. The van der Waals surface area contributed by atoms with Crippen LogP contribution in [0.15, 0.2) is 18.3 Å². The molecule has 1 fully saturated rings. The van der Waals surface area contributed by atoms with Crippen LogP contribution in [0.2, 0.25) is 0 Å². The maximum Gasteiger partial charge on any atom is 0.356 e.